The minimum absolute atomic E-state index is 0.0485. The topological polar surface area (TPSA) is 58.6 Å². The molecule has 0 saturated carbocycles. The smallest absolute Gasteiger partial charge is 0.251 e. The molecule has 1 fully saturated rings. The van der Waals surface area contributed by atoms with Gasteiger partial charge in [0.05, 0.1) is 12.3 Å². The van der Waals surface area contributed by atoms with Crippen molar-refractivity contribution in [1.29, 1.82) is 0 Å². The molecule has 1 N–H and O–H groups in total. The molecular formula is C25H23ClN2O3S. The molecule has 0 aromatic heterocycles. The molecule has 2 amide bonds. The molecule has 32 heavy (non-hydrogen) atoms. The maximum atomic E-state index is 12.4. The molecule has 3 aromatic carbocycles. The van der Waals surface area contributed by atoms with E-state index in [1.807, 2.05) is 47.4 Å². The molecule has 1 saturated heterocycles. The van der Waals surface area contributed by atoms with Crippen LogP contribution in [-0.2, 0) is 11.3 Å². The van der Waals surface area contributed by atoms with Gasteiger partial charge in [0.15, 0.2) is 0 Å². The number of thioether (sulfide) groups is 1. The van der Waals surface area contributed by atoms with Crippen molar-refractivity contribution in [2.45, 2.75) is 11.9 Å². The maximum absolute atomic E-state index is 12.4. The Bertz CT molecular complexity index is 1060. The standard InChI is InChI=1S/C25H23ClN2O3S/c26-21-10-12-22(13-11-21)31-15-14-27-24(30)19-6-8-20(9-7-19)25-28(23(29)17-32-25)16-18-4-2-1-3-5-18/h1-13,25H,14-17H2,(H,27,30)/t25-/m1/s1. The predicted octanol–water partition coefficient (Wildman–Crippen LogP) is 4.92. The summed E-state index contributed by atoms with van der Waals surface area (Å²) in [6.07, 6.45) is 0. The van der Waals surface area contributed by atoms with Crippen LogP contribution in [0.1, 0.15) is 26.9 Å². The predicted molar refractivity (Wildman–Crippen MR) is 128 cm³/mol. The zero-order valence-electron chi connectivity index (χ0n) is 17.4. The highest BCUT2D eigenvalue weighted by atomic mass is 35.5. The van der Waals surface area contributed by atoms with Crippen molar-refractivity contribution in [3.63, 3.8) is 0 Å². The van der Waals surface area contributed by atoms with Gasteiger partial charge in [0.2, 0.25) is 5.91 Å². The Morgan fingerprint density at radius 2 is 1.75 bits per heavy atom. The van der Waals surface area contributed by atoms with Crippen LogP contribution in [0.5, 0.6) is 5.75 Å². The molecule has 0 bridgehead atoms. The van der Waals surface area contributed by atoms with Crippen molar-refractivity contribution in [3.05, 3.63) is 101 Å². The van der Waals surface area contributed by atoms with Gasteiger partial charge in [0, 0.05) is 17.1 Å². The number of ether oxygens (including phenoxy) is 1. The van der Waals surface area contributed by atoms with Gasteiger partial charge >= 0.3 is 0 Å². The quantitative estimate of drug-likeness (QED) is 0.478. The minimum Gasteiger partial charge on any atom is -0.492 e. The molecule has 0 spiro atoms. The van der Waals surface area contributed by atoms with Crippen LogP contribution in [0.4, 0.5) is 0 Å². The molecule has 1 atom stereocenters. The van der Waals surface area contributed by atoms with Crippen LogP contribution >= 0.6 is 23.4 Å². The number of hydrogen-bond donors (Lipinski definition) is 1. The summed E-state index contributed by atoms with van der Waals surface area (Å²) in [5.41, 5.74) is 2.69. The van der Waals surface area contributed by atoms with Crippen LogP contribution < -0.4 is 10.1 Å². The molecule has 0 aliphatic carbocycles. The van der Waals surface area contributed by atoms with Gasteiger partial charge in [0.25, 0.3) is 5.91 Å². The zero-order chi connectivity index (χ0) is 22.3. The first-order chi connectivity index (χ1) is 15.6. The lowest BCUT2D eigenvalue weighted by Crippen LogP contribution is -2.28. The number of amides is 2. The largest absolute Gasteiger partial charge is 0.492 e. The molecule has 1 aliphatic heterocycles. The SMILES string of the molecule is O=C(NCCOc1ccc(Cl)cc1)c1ccc([C@H]2SCC(=O)N2Cc2ccccc2)cc1. The van der Waals surface area contributed by atoms with Gasteiger partial charge in [-0.25, -0.2) is 0 Å². The van der Waals surface area contributed by atoms with Crippen molar-refractivity contribution in [2.24, 2.45) is 0 Å². The molecule has 0 radical (unpaired) electrons. The van der Waals surface area contributed by atoms with E-state index in [-0.39, 0.29) is 17.2 Å². The highest BCUT2D eigenvalue weighted by Crippen LogP contribution is 2.39. The van der Waals surface area contributed by atoms with Crippen molar-refractivity contribution in [3.8, 4) is 5.75 Å². The highest BCUT2D eigenvalue weighted by Gasteiger charge is 2.32. The molecule has 1 heterocycles. The molecule has 4 rings (SSSR count). The number of nitrogens with zero attached hydrogens (tertiary/aromatic N) is 1. The van der Waals surface area contributed by atoms with Crippen molar-refractivity contribution in [2.75, 3.05) is 18.9 Å². The first-order valence-electron chi connectivity index (χ1n) is 10.3. The van der Waals surface area contributed by atoms with Gasteiger partial charge in [-0.15, -0.1) is 11.8 Å². The van der Waals surface area contributed by atoms with Crippen molar-refractivity contribution < 1.29 is 14.3 Å². The van der Waals surface area contributed by atoms with Gasteiger partial charge < -0.3 is 15.0 Å². The van der Waals surface area contributed by atoms with Gasteiger partial charge in [-0.05, 0) is 47.5 Å². The summed E-state index contributed by atoms with van der Waals surface area (Å²) >= 11 is 7.47. The summed E-state index contributed by atoms with van der Waals surface area (Å²) in [6.45, 7) is 1.33. The number of carbonyl (C=O) groups excluding carboxylic acids is 2. The van der Waals surface area contributed by atoms with E-state index in [0.29, 0.717) is 41.8 Å². The fourth-order valence-corrected chi connectivity index (χ4v) is 4.76. The molecule has 7 heteroatoms. The van der Waals surface area contributed by atoms with Gasteiger partial charge in [-0.2, -0.15) is 0 Å². The third kappa shape index (κ3) is 5.64. The minimum atomic E-state index is -0.160. The number of hydrogen-bond acceptors (Lipinski definition) is 4. The maximum Gasteiger partial charge on any atom is 0.251 e. The molecule has 164 valence electrons. The second kappa shape index (κ2) is 10.6. The summed E-state index contributed by atoms with van der Waals surface area (Å²) in [4.78, 5) is 26.8. The third-order valence-corrected chi connectivity index (χ3v) is 6.60. The number of rotatable bonds is 8. The van der Waals surface area contributed by atoms with Gasteiger partial charge in [-0.3, -0.25) is 9.59 Å². The second-order valence-electron chi connectivity index (χ2n) is 7.35. The van der Waals surface area contributed by atoms with Crippen LogP contribution in [-0.4, -0.2) is 35.6 Å². The molecular weight excluding hydrogens is 444 g/mol. The van der Waals surface area contributed by atoms with E-state index in [0.717, 1.165) is 11.1 Å². The number of carbonyl (C=O) groups is 2. The van der Waals surface area contributed by atoms with Crippen LogP contribution in [0.15, 0.2) is 78.9 Å². The van der Waals surface area contributed by atoms with Crippen LogP contribution in [0.2, 0.25) is 5.02 Å². The van der Waals surface area contributed by atoms with E-state index in [4.69, 9.17) is 16.3 Å². The van der Waals surface area contributed by atoms with E-state index in [1.54, 1.807) is 48.2 Å². The van der Waals surface area contributed by atoms with E-state index in [1.165, 1.54) is 0 Å². The number of benzene rings is 3. The Labute approximate surface area is 196 Å². The fourth-order valence-electron chi connectivity index (χ4n) is 3.45. The Morgan fingerprint density at radius 1 is 1.03 bits per heavy atom. The normalized spacial score (nSPS) is 15.6. The Kier molecular flexibility index (Phi) is 7.35. The Hall–Kier alpha value is -2.96. The van der Waals surface area contributed by atoms with Crippen LogP contribution in [0.3, 0.4) is 0 Å². The van der Waals surface area contributed by atoms with E-state index in [9.17, 15) is 9.59 Å². The molecule has 0 unspecified atom stereocenters. The average molecular weight is 467 g/mol. The summed E-state index contributed by atoms with van der Waals surface area (Å²) < 4.78 is 5.59. The Balaban J connectivity index is 1.31. The monoisotopic (exact) mass is 466 g/mol. The zero-order valence-corrected chi connectivity index (χ0v) is 18.9. The van der Waals surface area contributed by atoms with E-state index in [2.05, 4.69) is 5.32 Å². The number of nitrogens with one attached hydrogen (secondary N) is 1. The average Bonchev–Trinajstić information content (AvgIpc) is 3.18. The summed E-state index contributed by atoms with van der Waals surface area (Å²) in [5, 5.41) is 3.46. The van der Waals surface area contributed by atoms with E-state index < -0.39 is 0 Å². The van der Waals surface area contributed by atoms with Crippen molar-refractivity contribution in [1.82, 2.24) is 10.2 Å². The highest BCUT2D eigenvalue weighted by molar-refractivity contribution is 8.00. The molecule has 3 aromatic rings. The van der Waals surface area contributed by atoms with Crippen LogP contribution in [0, 0.1) is 0 Å². The second-order valence-corrected chi connectivity index (χ2v) is 8.86. The summed E-state index contributed by atoms with van der Waals surface area (Å²) in [5.74, 6) is 1.14. The number of halogens is 1. The lowest BCUT2D eigenvalue weighted by Gasteiger charge is -2.24. The van der Waals surface area contributed by atoms with Crippen molar-refractivity contribution >= 4 is 35.2 Å². The lowest BCUT2D eigenvalue weighted by atomic mass is 10.1. The lowest BCUT2D eigenvalue weighted by molar-refractivity contribution is -0.128. The summed E-state index contributed by atoms with van der Waals surface area (Å²) in [7, 11) is 0. The Morgan fingerprint density at radius 3 is 2.47 bits per heavy atom. The first-order valence-corrected chi connectivity index (χ1v) is 11.7. The molecule has 1 aliphatic rings. The third-order valence-electron chi connectivity index (χ3n) is 5.09. The van der Waals surface area contributed by atoms with E-state index >= 15 is 0 Å². The fraction of sp³-hybridized carbons (Fsp3) is 0.200. The molecule has 5 nitrogen and oxygen atoms in total. The van der Waals surface area contributed by atoms with Gasteiger partial charge in [-0.1, -0.05) is 54.1 Å². The van der Waals surface area contributed by atoms with Gasteiger partial charge in [0.1, 0.15) is 17.7 Å². The summed E-state index contributed by atoms with van der Waals surface area (Å²) in [6, 6.07) is 24.5. The van der Waals surface area contributed by atoms with Crippen LogP contribution in [0.25, 0.3) is 0 Å². The first kappa shape index (κ1) is 22.2.